The second-order valence-electron chi connectivity index (χ2n) is 16.5. The third-order valence-electron chi connectivity index (χ3n) is 12.9. The van der Waals surface area contributed by atoms with Gasteiger partial charge in [0.15, 0.2) is 5.82 Å². The van der Waals surface area contributed by atoms with Gasteiger partial charge in [0, 0.05) is 22.1 Å². The number of fused-ring (bicyclic) bond motifs is 11. The van der Waals surface area contributed by atoms with E-state index in [4.69, 9.17) is 9.97 Å². The molecule has 0 spiro atoms. The molecule has 0 fully saturated rings. The molecule has 10 aromatic carbocycles. The van der Waals surface area contributed by atoms with Crippen LogP contribution in [0.4, 0.5) is 0 Å². The summed E-state index contributed by atoms with van der Waals surface area (Å²) >= 11 is 0. The molecule has 2 heteroatoms. The molecule has 11 aromatic rings. The van der Waals surface area contributed by atoms with Gasteiger partial charge in [-0.15, -0.1) is 0 Å². The zero-order chi connectivity index (χ0) is 39.2. The summed E-state index contributed by atoms with van der Waals surface area (Å²) in [6.45, 7) is 4.72. The minimum atomic E-state index is -0.0771. The number of hydrogen-bond acceptors (Lipinski definition) is 2. The topological polar surface area (TPSA) is 25.8 Å². The zero-order valence-electron chi connectivity index (χ0n) is 32.9. The quantitative estimate of drug-likeness (QED) is 0.167. The van der Waals surface area contributed by atoms with Crippen molar-refractivity contribution in [1.29, 1.82) is 0 Å². The minimum Gasteiger partial charge on any atom is -0.228 e. The molecule has 1 aliphatic carbocycles. The van der Waals surface area contributed by atoms with Crippen molar-refractivity contribution in [3.8, 4) is 56.2 Å². The largest absolute Gasteiger partial charge is 0.228 e. The fourth-order valence-electron chi connectivity index (χ4n) is 9.90. The van der Waals surface area contributed by atoms with E-state index in [-0.39, 0.29) is 5.41 Å². The molecule has 1 heterocycles. The van der Waals surface area contributed by atoms with Crippen molar-refractivity contribution in [2.45, 2.75) is 19.3 Å². The second-order valence-corrected chi connectivity index (χ2v) is 16.5. The molecule has 0 radical (unpaired) electrons. The lowest BCUT2D eigenvalue weighted by molar-refractivity contribution is 0.661. The molecule has 276 valence electrons. The van der Waals surface area contributed by atoms with Gasteiger partial charge in [0.25, 0.3) is 0 Å². The smallest absolute Gasteiger partial charge is 0.160 e. The first-order chi connectivity index (χ1) is 29.0. The molecule has 12 rings (SSSR count). The Morgan fingerprint density at radius 3 is 1.54 bits per heavy atom. The highest BCUT2D eigenvalue weighted by atomic mass is 14.9. The predicted molar refractivity (Wildman–Crippen MR) is 249 cm³/mol. The molecule has 1 aromatic heterocycles. The van der Waals surface area contributed by atoms with E-state index in [0.29, 0.717) is 5.82 Å². The minimum absolute atomic E-state index is 0.0771. The van der Waals surface area contributed by atoms with Crippen LogP contribution in [-0.4, -0.2) is 9.97 Å². The molecule has 59 heavy (non-hydrogen) atoms. The van der Waals surface area contributed by atoms with Crippen molar-refractivity contribution in [3.63, 3.8) is 0 Å². The van der Waals surface area contributed by atoms with Gasteiger partial charge in [0.05, 0.1) is 11.4 Å². The van der Waals surface area contributed by atoms with Gasteiger partial charge in [0.1, 0.15) is 0 Å². The summed E-state index contributed by atoms with van der Waals surface area (Å²) < 4.78 is 0. The first kappa shape index (κ1) is 33.7. The molecule has 0 N–H and O–H groups in total. The standard InChI is InChI=1S/C57H38N2/c1-57(2)52-29-25-38(31-50(52)51-30-36-16-6-7-17-37(36)33-53(51)57)40-27-28-48(45-22-12-8-18-41(40)45)55-34-54(58-56(59-55)35-14-4-3-5-15-35)39-24-26-47-44-21-10-9-19-42(44)43-20-11-13-23-46(43)49(47)32-39/h3-34H,1-2H3. The fraction of sp³-hybridized carbons (Fsp3) is 0.0526. The summed E-state index contributed by atoms with van der Waals surface area (Å²) in [5.74, 6) is 0.710. The van der Waals surface area contributed by atoms with Crippen LogP contribution in [0, 0.1) is 0 Å². The Kier molecular flexibility index (Phi) is 7.31. The maximum absolute atomic E-state index is 5.31. The van der Waals surface area contributed by atoms with E-state index in [9.17, 15) is 0 Å². The molecule has 2 nitrogen and oxygen atoms in total. The highest BCUT2D eigenvalue weighted by Crippen LogP contribution is 2.51. The maximum atomic E-state index is 5.31. The average molecular weight is 751 g/mol. The van der Waals surface area contributed by atoms with Gasteiger partial charge >= 0.3 is 0 Å². The van der Waals surface area contributed by atoms with Crippen LogP contribution in [0.3, 0.4) is 0 Å². The van der Waals surface area contributed by atoms with Crippen molar-refractivity contribution in [1.82, 2.24) is 9.97 Å². The molecule has 0 aliphatic heterocycles. The van der Waals surface area contributed by atoms with E-state index in [0.717, 1.165) is 33.5 Å². The van der Waals surface area contributed by atoms with Gasteiger partial charge in [-0.25, -0.2) is 9.97 Å². The zero-order valence-corrected chi connectivity index (χ0v) is 32.9. The van der Waals surface area contributed by atoms with Crippen LogP contribution < -0.4 is 0 Å². The molecule has 1 aliphatic rings. The highest BCUT2D eigenvalue weighted by molar-refractivity contribution is 6.25. The van der Waals surface area contributed by atoms with Crippen molar-refractivity contribution >= 4 is 53.9 Å². The van der Waals surface area contributed by atoms with Crippen LogP contribution >= 0.6 is 0 Å². The van der Waals surface area contributed by atoms with Gasteiger partial charge in [-0.05, 0) is 118 Å². The second kappa shape index (κ2) is 12.8. The lowest BCUT2D eigenvalue weighted by Gasteiger charge is -2.22. The number of aromatic nitrogens is 2. The van der Waals surface area contributed by atoms with E-state index in [1.807, 2.05) is 6.07 Å². The summed E-state index contributed by atoms with van der Waals surface area (Å²) in [5.41, 5.74) is 12.7. The van der Waals surface area contributed by atoms with Gasteiger partial charge in [-0.2, -0.15) is 0 Å². The van der Waals surface area contributed by atoms with Gasteiger partial charge in [-0.1, -0.05) is 178 Å². The normalized spacial score (nSPS) is 13.1. The molecular weight excluding hydrogens is 713 g/mol. The van der Waals surface area contributed by atoms with E-state index in [1.165, 1.54) is 81.9 Å². The average Bonchev–Trinajstić information content (AvgIpc) is 3.52. The van der Waals surface area contributed by atoms with E-state index in [2.05, 4.69) is 202 Å². The third kappa shape index (κ3) is 5.20. The van der Waals surface area contributed by atoms with Crippen molar-refractivity contribution in [2.24, 2.45) is 0 Å². The van der Waals surface area contributed by atoms with Crippen LogP contribution in [-0.2, 0) is 5.41 Å². The van der Waals surface area contributed by atoms with Crippen LogP contribution in [0.15, 0.2) is 194 Å². The van der Waals surface area contributed by atoms with Gasteiger partial charge < -0.3 is 0 Å². The van der Waals surface area contributed by atoms with Crippen LogP contribution in [0.1, 0.15) is 25.0 Å². The van der Waals surface area contributed by atoms with Crippen molar-refractivity contribution < 1.29 is 0 Å². The monoisotopic (exact) mass is 750 g/mol. The predicted octanol–water partition coefficient (Wildman–Crippen LogP) is 15.2. The van der Waals surface area contributed by atoms with Crippen molar-refractivity contribution in [2.75, 3.05) is 0 Å². The number of rotatable bonds is 4. The molecule has 0 atom stereocenters. The first-order valence-corrected chi connectivity index (χ1v) is 20.5. The Labute approximate surface area is 343 Å². The SMILES string of the molecule is CC1(C)c2ccc(-c3ccc(-c4cc(-c5ccc6c7ccccc7c7ccccc7c6c5)nc(-c5ccccc5)n4)c4ccccc34)cc2-c2cc3ccccc3cc21. The molecule has 0 amide bonds. The molecule has 0 bridgehead atoms. The summed E-state index contributed by atoms with van der Waals surface area (Å²) in [5, 5.41) is 12.4. The Hall–Kier alpha value is -7.42. The third-order valence-corrected chi connectivity index (χ3v) is 12.9. The summed E-state index contributed by atoms with van der Waals surface area (Å²) in [4.78, 5) is 10.6. The summed E-state index contributed by atoms with van der Waals surface area (Å²) in [6, 6.07) is 70.8. The lowest BCUT2D eigenvalue weighted by atomic mass is 9.81. The number of hydrogen-bond donors (Lipinski definition) is 0. The Balaban J connectivity index is 1.03. The van der Waals surface area contributed by atoms with Crippen LogP contribution in [0.25, 0.3) is 110 Å². The Bertz CT molecular complexity index is 3490. The van der Waals surface area contributed by atoms with E-state index < -0.39 is 0 Å². The highest BCUT2D eigenvalue weighted by Gasteiger charge is 2.36. The van der Waals surface area contributed by atoms with Crippen LogP contribution in [0.2, 0.25) is 0 Å². The number of benzene rings is 10. The molecule has 0 saturated heterocycles. The van der Waals surface area contributed by atoms with Crippen molar-refractivity contribution in [3.05, 3.63) is 205 Å². The molecule has 0 saturated carbocycles. The Morgan fingerprint density at radius 2 is 0.831 bits per heavy atom. The van der Waals surface area contributed by atoms with E-state index >= 15 is 0 Å². The van der Waals surface area contributed by atoms with E-state index in [1.54, 1.807) is 0 Å². The lowest BCUT2D eigenvalue weighted by Crippen LogP contribution is -2.14. The van der Waals surface area contributed by atoms with Crippen LogP contribution in [0.5, 0.6) is 0 Å². The summed E-state index contributed by atoms with van der Waals surface area (Å²) in [7, 11) is 0. The fourth-order valence-corrected chi connectivity index (χ4v) is 9.90. The Morgan fingerprint density at radius 1 is 0.305 bits per heavy atom. The molecular formula is C57H38N2. The first-order valence-electron chi connectivity index (χ1n) is 20.5. The maximum Gasteiger partial charge on any atom is 0.160 e. The summed E-state index contributed by atoms with van der Waals surface area (Å²) in [6.07, 6.45) is 0. The van der Waals surface area contributed by atoms with Gasteiger partial charge in [-0.3, -0.25) is 0 Å². The van der Waals surface area contributed by atoms with Gasteiger partial charge in [0.2, 0.25) is 0 Å². The number of nitrogens with zero attached hydrogens (tertiary/aromatic N) is 2. The molecule has 0 unspecified atom stereocenters.